The van der Waals surface area contributed by atoms with E-state index in [1.165, 1.54) is 15.0 Å². The second kappa shape index (κ2) is 8.21. The molecule has 5 heteroatoms. The summed E-state index contributed by atoms with van der Waals surface area (Å²) in [5, 5.41) is 2.31. The van der Waals surface area contributed by atoms with Gasteiger partial charge in [-0.15, -0.1) is 11.3 Å². The average molecular weight is 493 g/mol. The minimum atomic E-state index is -1.77. The van der Waals surface area contributed by atoms with Crippen molar-refractivity contribution in [3.63, 3.8) is 0 Å². The molecule has 1 atom stereocenters. The highest BCUT2D eigenvalue weighted by molar-refractivity contribution is 14.1. The van der Waals surface area contributed by atoms with Gasteiger partial charge in [0.1, 0.15) is 0 Å². The lowest BCUT2D eigenvalue weighted by molar-refractivity contribution is 0.216. The fraction of sp³-hybridized carbons (Fsp3) is 0.474. The van der Waals surface area contributed by atoms with Crippen LogP contribution in [-0.4, -0.2) is 14.4 Å². The van der Waals surface area contributed by atoms with Crippen molar-refractivity contribution < 1.29 is 4.43 Å². The molecule has 0 aliphatic heterocycles. The van der Waals surface area contributed by atoms with Gasteiger partial charge in [0.2, 0.25) is 0 Å². The van der Waals surface area contributed by atoms with E-state index < -0.39 is 8.32 Å². The number of halogens is 2. The molecular formula is C19H26ClIOSSi. The maximum atomic E-state index is 6.59. The summed E-state index contributed by atoms with van der Waals surface area (Å²) in [5.41, 5.74) is 0. The lowest BCUT2D eigenvalue weighted by Crippen LogP contribution is -2.43. The van der Waals surface area contributed by atoms with Crippen LogP contribution in [0.4, 0.5) is 0 Å². The van der Waals surface area contributed by atoms with Crippen LogP contribution in [0.1, 0.15) is 32.1 Å². The van der Waals surface area contributed by atoms with Gasteiger partial charge in [0.15, 0.2) is 8.32 Å². The molecule has 1 unspecified atom stereocenters. The lowest BCUT2D eigenvalue weighted by atomic mass is 10.1. The average Bonchev–Trinajstić information content (AvgIpc) is 2.80. The van der Waals surface area contributed by atoms with Crippen molar-refractivity contribution in [3.05, 3.63) is 44.3 Å². The highest BCUT2D eigenvalue weighted by atomic mass is 127. The van der Waals surface area contributed by atoms with Crippen LogP contribution in [0.2, 0.25) is 23.2 Å². The molecule has 0 amide bonds. The molecule has 1 nitrogen and oxygen atoms in total. The zero-order chi connectivity index (χ0) is 18.0. The van der Waals surface area contributed by atoms with Crippen molar-refractivity contribution in [2.45, 2.75) is 57.8 Å². The molecule has 24 heavy (non-hydrogen) atoms. The van der Waals surface area contributed by atoms with E-state index in [1.807, 2.05) is 6.07 Å². The molecule has 1 aromatic heterocycles. The Morgan fingerprint density at radius 3 is 2.54 bits per heavy atom. The molecule has 1 aromatic carbocycles. The van der Waals surface area contributed by atoms with Crippen LogP contribution in [-0.2, 0) is 10.8 Å². The van der Waals surface area contributed by atoms with E-state index in [0.717, 1.165) is 17.9 Å². The van der Waals surface area contributed by atoms with Gasteiger partial charge >= 0.3 is 0 Å². The molecular weight excluding hydrogens is 467 g/mol. The molecule has 0 aliphatic rings. The molecule has 2 rings (SSSR count). The van der Waals surface area contributed by atoms with Crippen molar-refractivity contribution in [2.24, 2.45) is 0 Å². The van der Waals surface area contributed by atoms with Crippen molar-refractivity contribution in [2.75, 3.05) is 0 Å². The fourth-order valence-electron chi connectivity index (χ4n) is 2.33. The third-order valence-corrected chi connectivity index (χ3v) is 11.5. The molecule has 0 saturated heterocycles. The number of hydrogen-bond acceptors (Lipinski definition) is 2. The van der Waals surface area contributed by atoms with Crippen LogP contribution >= 0.6 is 45.5 Å². The summed E-state index contributed by atoms with van der Waals surface area (Å²) in [5.74, 6) is 0. The molecule has 0 radical (unpaired) electrons. The number of fused-ring (bicyclic) bond motifs is 1. The second-order valence-electron chi connectivity index (χ2n) is 7.61. The SMILES string of the molecule is CC(C)(C)[Si](C)(C)OC(C=CI)CCc1sc2ccccc2c1Cl. The first kappa shape index (κ1) is 20.4. The highest BCUT2D eigenvalue weighted by Gasteiger charge is 2.38. The van der Waals surface area contributed by atoms with E-state index in [1.54, 1.807) is 11.3 Å². The topological polar surface area (TPSA) is 9.23 Å². The first-order chi connectivity index (χ1) is 11.2. The van der Waals surface area contributed by atoms with E-state index in [-0.39, 0.29) is 11.1 Å². The van der Waals surface area contributed by atoms with Crippen LogP contribution in [0.3, 0.4) is 0 Å². The minimum absolute atomic E-state index is 0.157. The maximum Gasteiger partial charge on any atom is 0.192 e. The molecule has 0 N–H and O–H groups in total. The third-order valence-electron chi connectivity index (χ3n) is 4.80. The Balaban J connectivity index is 2.12. The standard InChI is InChI=1S/C19H26ClIOSSi/c1-19(2,3)24(4,5)22-14(12-13-21)10-11-17-18(20)15-8-6-7-9-16(15)23-17/h6-9,12-14H,10-11H2,1-5H3. The zero-order valence-electron chi connectivity index (χ0n) is 15.0. The Labute approximate surface area is 169 Å². The number of rotatable bonds is 6. The number of aryl methyl sites for hydroxylation is 1. The Kier molecular flexibility index (Phi) is 6.99. The summed E-state index contributed by atoms with van der Waals surface area (Å²) in [4.78, 5) is 1.27. The largest absolute Gasteiger partial charge is 0.411 e. The van der Waals surface area contributed by atoms with Gasteiger partial charge in [0.05, 0.1) is 11.1 Å². The Morgan fingerprint density at radius 1 is 1.29 bits per heavy atom. The van der Waals surface area contributed by atoms with Crippen LogP contribution in [0.5, 0.6) is 0 Å². The maximum absolute atomic E-state index is 6.59. The normalized spacial score (nSPS) is 14.6. The van der Waals surface area contributed by atoms with Crippen LogP contribution in [0.25, 0.3) is 10.1 Å². The van der Waals surface area contributed by atoms with E-state index in [0.29, 0.717) is 0 Å². The van der Waals surface area contributed by atoms with E-state index >= 15 is 0 Å². The first-order valence-electron chi connectivity index (χ1n) is 8.26. The second-order valence-corrected chi connectivity index (χ2v) is 14.6. The van der Waals surface area contributed by atoms with Crippen molar-refractivity contribution in [3.8, 4) is 0 Å². The van der Waals surface area contributed by atoms with Crippen molar-refractivity contribution >= 4 is 63.9 Å². The molecule has 2 aromatic rings. The first-order valence-corrected chi connectivity index (χ1v) is 13.6. The fourth-order valence-corrected chi connectivity index (χ4v) is 5.64. The van der Waals surface area contributed by atoms with E-state index in [9.17, 15) is 0 Å². The van der Waals surface area contributed by atoms with Gasteiger partial charge in [-0.25, -0.2) is 0 Å². The number of benzene rings is 1. The molecule has 0 spiro atoms. The van der Waals surface area contributed by atoms with Crippen molar-refractivity contribution in [1.29, 1.82) is 0 Å². The van der Waals surface area contributed by atoms with E-state index in [2.05, 4.69) is 84.8 Å². The summed E-state index contributed by atoms with van der Waals surface area (Å²) in [6.45, 7) is 11.5. The van der Waals surface area contributed by atoms with Gasteiger partial charge in [-0.05, 0) is 41.1 Å². The number of thiophene rings is 1. The molecule has 0 fully saturated rings. The van der Waals surface area contributed by atoms with Gasteiger partial charge < -0.3 is 4.43 Å². The summed E-state index contributed by atoms with van der Waals surface area (Å²) in [6, 6.07) is 8.36. The quantitative estimate of drug-likeness (QED) is 0.295. The summed E-state index contributed by atoms with van der Waals surface area (Å²) in [7, 11) is -1.77. The number of hydrogen-bond donors (Lipinski definition) is 0. The molecule has 0 saturated carbocycles. The van der Waals surface area contributed by atoms with Crippen LogP contribution < -0.4 is 0 Å². The van der Waals surface area contributed by atoms with Gasteiger partial charge in [0, 0.05) is 15.0 Å². The Bertz CT molecular complexity index is 718. The molecule has 0 aliphatic carbocycles. The predicted molar refractivity (Wildman–Crippen MR) is 120 cm³/mol. The van der Waals surface area contributed by atoms with Crippen LogP contribution in [0, 0.1) is 0 Å². The Morgan fingerprint density at radius 2 is 1.96 bits per heavy atom. The van der Waals surface area contributed by atoms with Crippen LogP contribution in [0.15, 0.2) is 34.4 Å². The lowest BCUT2D eigenvalue weighted by Gasteiger charge is -2.38. The molecule has 1 heterocycles. The van der Waals surface area contributed by atoms with Gasteiger partial charge in [0.25, 0.3) is 0 Å². The summed E-state index contributed by atoms with van der Waals surface area (Å²) >= 11 is 10.7. The molecule has 132 valence electrons. The minimum Gasteiger partial charge on any atom is -0.411 e. The van der Waals surface area contributed by atoms with Gasteiger partial charge in [-0.1, -0.05) is 79.2 Å². The smallest absolute Gasteiger partial charge is 0.192 e. The van der Waals surface area contributed by atoms with Gasteiger partial charge in [-0.3, -0.25) is 0 Å². The van der Waals surface area contributed by atoms with Gasteiger partial charge in [-0.2, -0.15) is 0 Å². The molecule has 0 bridgehead atoms. The monoisotopic (exact) mass is 492 g/mol. The van der Waals surface area contributed by atoms with E-state index in [4.69, 9.17) is 16.0 Å². The summed E-state index contributed by atoms with van der Waals surface area (Å²) in [6.07, 6.45) is 4.27. The highest BCUT2D eigenvalue weighted by Crippen LogP contribution is 2.39. The predicted octanol–water partition coefficient (Wildman–Crippen LogP) is 7.83. The zero-order valence-corrected chi connectivity index (χ0v) is 19.8. The third kappa shape index (κ3) is 4.85. The summed E-state index contributed by atoms with van der Waals surface area (Å²) < 4.78 is 9.93. The van der Waals surface area contributed by atoms with Crippen molar-refractivity contribution in [1.82, 2.24) is 0 Å². The Hall–Kier alpha value is 0.117.